The third kappa shape index (κ3) is 9.21. The zero-order valence-corrected chi connectivity index (χ0v) is 15.4. The maximum atomic E-state index is 12.1. The maximum absolute atomic E-state index is 12.1. The lowest BCUT2D eigenvalue weighted by Gasteiger charge is -2.23. The van der Waals surface area contributed by atoms with Gasteiger partial charge in [0.2, 0.25) is 17.7 Å². The maximum Gasteiger partial charge on any atom is 0.326 e. The highest BCUT2D eigenvalue weighted by Gasteiger charge is 2.29. The number of aliphatic hydroxyl groups is 1. The van der Waals surface area contributed by atoms with E-state index in [1.165, 1.54) is 6.92 Å². The second-order valence-corrected chi connectivity index (χ2v) is 5.97. The van der Waals surface area contributed by atoms with E-state index >= 15 is 0 Å². The van der Waals surface area contributed by atoms with E-state index in [1.54, 1.807) is 0 Å². The Balaban J connectivity index is 4.94. The minimum atomic E-state index is -1.52. The molecule has 154 valence electrons. The number of aliphatic hydroxyl groups excluding tert-OH is 1. The van der Waals surface area contributed by atoms with Crippen LogP contribution in [0.5, 0.6) is 0 Å². The molecule has 0 fully saturated rings. The van der Waals surface area contributed by atoms with Gasteiger partial charge in [0, 0.05) is 12.2 Å². The molecule has 0 radical (unpaired) electrons. The number of nitrogens with two attached hydrogens (primary N) is 1. The van der Waals surface area contributed by atoms with Crippen LogP contribution >= 0.6 is 12.6 Å². The summed E-state index contributed by atoms with van der Waals surface area (Å²) in [6, 6.07) is -5.06. The van der Waals surface area contributed by atoms with E-state index in [4.69, 9.17) is 15.9 Å². The van der Waals surface area contributed by atoms with Gasteiger partial charge in [-0.1, -0.05) is 0 Å². The highest BCUT2D eigenvalue weighted by atomic mass is 32.1. The fraction of sp³-hybridized carbons (Fsp3) is 0.643. The van der Waals surface area contributed by atoms with Crippen molar-refractivity contribution in [1.82, 2.24) is 16.0 Å². The molecule has 0 aliphatic carbocycles. The van der Waals surface area contributed by atoms with E-state index in [1.807, 2.05) is 5.32 Å². The average Bonchev–Trinajstić information content (AvgIpc) is 2.59. The zero-order valence-electron chi connectivity index (χ0n) is 14.5. The average molecular weight is 408 g/mol. The van der Waals surface area contributed by atoms with Gasteiger partial charge in [-0.3, -0.25) is 19.2 Å². The molecule has 0 aliphatic rings. The molecule has 0 aromatic heterocycles. The normalized spacial score (nSPS) is 15.0. The smallest absolute Gasteiger partial charge is 0.326 e. The summed E-state index contributed by atoms with van der Waals surface area (Å²) in [5.41, 5.74) is 5.38. The van der Waals surface area contributed by atoms with Gasteiger partial charge in [-0.25, -0.2) is 4.79 Å². The van der Waals surface area contributed by atoms with Crippen LogP contribution in [-0.2, 0) is 24.0 Å². The Bertz CT molecular complexity index is 571. The van der Waals surface area contributed by atoms with Crippen molar-refractivity contribution in [1.29, 1.82) is 0 Å². The summed E-state index contributed by atoms with van der Waals surface area (Å²) >= 11 is 3.92. The summed E-state index contributed by atoms with van der Waals surface area (Å²) in [4.78, 5) is 57.4. The van der Waals surface area contributed by atoms with Crippen LogP contribution in [0.4, 0.5) is 0 Å². The molecule has 3 amide bonds. The number of nitrogens with one attached hydrogen (secondary N) is 3. The number of amides is 3. The first-order valence-corrected chi connectivity index (χ1v) is 8.49. The van der Waals surface area contributed by atoms with E-state index in [0.717, 1.165) is 0 Å². The van der Waals surface area contributed by atoms with Crippen molar-refractivity contribution in [2.75, 3.05) is 12.4 Å². The summed E-state index contributed by atoms with van der Waals surface area (Å²) in [6.45, 7) is 0.541. The third-order valence-electron chi connectivity index (χ3n) is 3.31. The molecule has 0 rings (SSSR count). The molecule has 0 aromatic carbocycles. The lowest BCUT2D eigenvalue weighted by Crippen LogP contribution is -2.58. The van der Waals surface area contributed by atoms with Crippen molar-refractivity contribution in [3.8, 4) is 0 Å². The summed E-state index contributed by atoms with van der Waals surface area (Å²) < 4.78 is 0. The van der Waals surface area contributed by atoms with Gasteiger partial charge in [0.25, 0.3) is 0 Å². The minimum absolute atomic E-state index is 0.125. The lowest BCUT2D eigenvalue weighted by molar-refractivity contribution is -0.143. The molecule has 0 heterocycles. The molecule has 0 bridgehead atoms. The first kappa shape index (κ1) is 24.6. The van der Waals surface area contributed by atoms with Crippen molar-refractivity contribution in [3.63, 3.8) is 0 Å². The van der Waals surface area contributed by atoms with Gasteiger partial charge in [-0.2, -0.15) is 12.6 Å². The van der Waals surface area contributed by atoms with Crippen molar-refractivity contribution in [3.05, 3.63) is 0 Å². The quantitative estimate of drug-likeness (QED) is 0.152. The van der Waals surface area contributed by atoms with Crippen LogP contribution in [0.1, 0.15) is 19.8 Å². The number of carbonyl (C=O) groups is 5. The van der Waals surface area contributed by atoms with Gasteiger partial charge in [0.1, 0.15) is 18.1 Å². The second kappa shape index (κ2) is 12.1. The number of hydrogen-bond acceptors (Lipinski definition) is 8. The van der Waals surface area contributed by atoms with E-state index in [9.17, 15) is 29.1 Å². The molecule has 0 saturated carbocycles. The molecule has 0 spiro atoms. The molecule has 8 N–H and O–H groups in total. The van der Waals surface area contributed by atoms with Gasteiger partial charge in [0.15, 0.2) is 0 Å². The van der Waals surface area contributed by atoms with Gasteiger partial charge < -0.3 is 37.0 Å². The number of carboxylic acids is 2. The molecular formula is C14H24N4O8S. The Labute approximate surface area is 160 Å². The lowest BCUT2D eigenvalue weighted by atomic mass is 10.1. The monoisotopic (exact) mass is 408 g/mol. The van der Waals surface area contributed by atoms with Crippen LogP contribution in [0, 0.1) is 0 Å². The molecule has 0 aliphatic heterocycles. The van der Waals surface area contributed by atoms with Crippen LogP contribution in [0.15, 0.2) is 0 Å². The first-order valence-electron chi connectivity index (χ1n) is 7.86. The van der Waals surface area contributed by atoms with Crippen LogP contribution in [0.2, 0.25) is 0 Å². The number of carbonyl (C=O) groups excluding carboxylic acids is 3. The van der Waals surface area contributed by atoms with Crippen LogP contribution in [0.3, 0.4) is 0 Å². The summed E-state index contributed by atoms with van der Waals surface area (Å²) in [7, 11) is 0. The minimum Gasteiger partial charge on any atom is -0.481 e. The van der Waals surface area contributed by atoms with Crippen LogP contribution < -0.4 is 21.7 Å². The largest absolute Gasteiger partial charge is 0.481 e. The van der Waals surface area contributed by atoms with Gasteiger partial charge in [0.05, 0.1) is 12.6 Å². The van der Waals surface area contributed by atoms with E-state index in [0.29, 0.717) is 0 Å². The molecular weight excluding hydrogens is 384 g/mol. The Morgan fingerprint density at radius 2 is 1.41 bits per heavy atom. The highest BCUT2D eigenvalue weighted by Crippen LogP contribution is 2.00. The first-order chi connectivity index (χ1) is 12.5. The highest BCUT2D eigenvalue weighted by molar-refractivity contribution is 7.80. The molecule has 27 heavy (non-hydrogen) atoms. The zero-order chi connectivity index (χ0) is 21.1. The number of hydrogen-bond donors (Lipinski definition) is 8. The topological polar surface area (TPSA) is 208 Å². The summed E-state index contributed by atoms with van der Waals surface area (Å²) in [6.07, 6.45) is -0.884. The molecule has 12 nitrogen and oxygen atoms in total. The third-order valence-corrected chi connectivity index (χ3v) is 3.67. The Morgan fingerprint density at radius 3 is 1.81 bits per heavy atom. The Morgan fingerprint density at radius 1 is 0.926 bits per heavy atom. The predicted molar refractivity (Wildman–Crippen MR) is 94.9 cm³/mol. The summed E-state index contributed by atoms with van der Waals surface area (Å²) in [5, 5.41) is 33.4. The SMILES string of the molecule is CC(N)C(=O)NC(CS)C(=O)NC(CO)C(=O)NC(CCC(=O)O)C(=O)O. The van der Waals surface area contributed by atoms with Gasteiger partial charge >= 0.3 is 11.9 Å². The van der Waals surface area contributed by atoms with Gasteiger partial charge in [-0.15, -0.1) is 0 Å². The van der Waals surface area contributed by atoms with Crippen molar-refractivity contribution >= 4 is 42.3 Å². The van der Waals surface area contributed by atoms with E-state index < -0.39 is 66.9 Å². The number of rotatable bonds is 12. The van der Waals surface area contributed by atoms with Crippen molar-refractivity contribution in [2.45, 2.75) is 43.9 Å². The molecule has 4 unspecified atom stereocenters. The fourth-order valence-electron chi connectivity index (χ4n) is 1.76. The molecule has 4 atom stereocenters. The molecule has 13 heteroatoms. The Hall–Kier alpha value is -2.38. The molecule has 0 saturated heterocycles. The fourth-order valence-corrected chi connectivity index (χ4v) is 2.02. The summed E-state index contributed by atoms with van der Waals surface area (Å²) in [5.74, 6) is -5.34. The molecule has 0 aromatic rings. The van der Waals surface area contributed by atoms with E-state index in [-0.39, 0.29) is 12.2 Å². The van der Waals surface area contributed by atoms with Crippen LogP contribution in [0.25, 0.3) is 0 Å². The van der Waals surface area contributed by atoms with Gasteiger partial charge in [-0.05, 0) is 13.3 Å². The second-order valence-electron chi connectivity index (χ2n) is 5.61. The number of carboxylic acid groups (broad SMARTS) is 2. The number of aliphatic carboxylic acids is 2. The van der Waals surface area contributed by atoms with Crippen LogP contribution in [-0.4, -0.2) is 81.5 Å². The van der Waals surface area contributed by atoms with E-state index in [2.05, 4.69) is 23.3 Å². The predicted octanol–water partition coefficient (Wildman–Crippen LogP) is -3.34. The number of thiol groups is 1. The Kier molecular flexibility index (Phi) is 11.0. The van der Waals surface area contributed by atoms with Crippen molar-refractivity contribution < 1.29 is 39.3 Å². The van der Waals surface area contributed by atoms with Crippen molar-refractivity contribution in [2.24, 2.45) is 5.73 Å². The standard InChI is InChI=1S/C14H24N4O8S/c1-6(15)11(22)18-9(5-27)13(24)17-8(4-19)12(23)16-7(14(25)26)2-3-10(20)21/h6-9,19,27H,2-5,15H2,1H3,(H,16,23)(H,17,24)(H,18,22)(H,20,21)(H,25,26).